The van der Waals surface area contributed by atoms with Crippen molar-refractivity contribution >= 4 is 5.78 Å². The molecule has 0 unspecified atom stereocenters. The van der Waals surface area contributed by atoms with Crippen LogP contribution in [-0.4, -0.2) is 10.9 Å². The Balaban J connectivity index is 0.00000154. The first-order valence-electron chi connectivity index (χ1n) is 6.89. The Morgan fingerprint density at radius 2 is 1.53 bits per heavy atom. The summed E-state index contributed by atoms with van der Waals surface area (Å²) in [6.07, 6.45) is 15.8. The molecule has 1 rings (SSSR count). The van der Waals surface area contributed by atoms with Gasteiger partial charge in [-0.25, -0.2) is 0 Å². The zero-order valence-corrected chi connectivity index (χ0v) is 11.8. The molecule has 0 aliphatic carbocycles. The molecule has 0 aliphatic heterocycles. The van der Waals surface area contributed by atoms with E-state index in [1.807, 2.05) is 0 Å². The van der Waals surface area contributed by atoms with Crippen molar-refractivity contribution in [3.8, 4) is 18.6 Å². The van der Waals surface area contributed by atoms with E-state index in [1.165, 1.54) is 25.7 Å². The van der Waals surface area contributed by atoms with E-state index >= 15 is 0 Å². The number of phenolic OH excluding ortho intramolecular Hbond substituents is 1. The third kappa shape index (κ3) is 8.05. The minimum Gasteiger partial charge on any atom is -0.508 e. The Labute approximate surface area is 116 Å². The highest BCUT2D eigenvalue weighted by molar-refractivity contribution is 5.96. The van der Waals surface area contributed by atoms with Crippen LogP contribution < -0.4 is 0 Å². The Kier molecular flexibility index (Phi) is 10.3. The van der Waals surface area contributed by atoms with E-state index in [0.717, 1.165) is 12.8 Å². The van der Waals surface area contributed by atoms with Gasteiger partial charge in [0.25, 0.3) is 0 Å². The largest absolute Gasteiger partial charge is 0.508 e. The first kappa shape index (κ1) is 17.2. The van der Waals surface area contributed by atoms with Crippen molar-refractivity contribution in [2.45, 2.75) is 51.9 Å². The van der Waals surface area contributed by atoms with Crippen molar-refractivity contribution < 1.29 is 9.90 Å². The third-order valence-electron chi connectivity index (χ3n) is 2.95. The molecule has 0 heterocycles. The number of benzene rings is 1. The van der Waals surface area contributed by atoms with E-state index in [4.69, 9.17) is 5.11 Å². The van der Waals surface area contributed by atoms with Gasteiger partial charge < -0.3 is 5.11 Å². The molecule has 1 aromatic rings. The molecule has 19 heavy (non-hydrogen) atoms. The van der Waals surface area contributed by atoms with E-state index in [0.29, 0.717) is 12.0 Å². The number of rotatable bonds is 8. The van der Waals surface area contributed by atoms with Crippen LogP contribution in [0.15, 0.2) is 24.3 Å². The Bertz CT molecular complexity index is 363. The maximum atomic E-state index is 11.8. The first-order chi connectivity index (χ1) is 9.24. The zero-order chi connectivity index (χ0) is 14.5. The maximum Gasteiger partial charge on any atom is 0.162 e. The Morgan fingerprint density at radius 3 is 2.11 bits per heavy atom. The van der Waals surface area contributed by atoms with Gasteiger partial charge in [0, 0.05) is 12.0 Å². The molecule has 1 N–H and O–H groups in total. The van der Waals surface area contributed by atoms with E-state index in [-0.39, 0.29) is 11.5 Å². The lowest BCUT2D eigenvalue weighted by Crippen LogP contribution is -1.98. The molecule has 0 amide bonds. The summed E-state index contributed by atoms with van der Waals surface area (Å²) in [5, 5.41) is 9.12. The normalized spacial score (nSPS) is 9.42. The van der Waals surface area contributed by atoms with Crippen molar-refractivity contribution in [2.24, 2.45) is 0 Å². The van der Waals surface area contributed by atoms with Gasteiger partial charge >= 0.3 is 0 Å². The fourth-order valence-electron chi connectivity index (χ4n) is 1.86. The molecule has 0 atom stereocenters. The quantitative estimate of drug-likeness (QED) is 0.424. The number of aromatic hydroxyl groups is 1. The second kappa shape index (κ2) is 11.3. The number of unbranched alkanes of at least 4 members (excludes halogenated alkanes) is 5. The number of Topliss-reactive ketones (excluding diaryl/α,β-unsaturated/α-hetero) is 1. The van der Waals surface area contributed by atoms with Crippen LogP contribution >= 0.6 is 0 Å². The summed E-state index contributed by atoms with van der Waals surface area (Å²) in [5.41, 5.74) is 0.705. The molecule has 0 radical (unpaired) electrons. The van der Waals surface area contributed by atoms with E-state index in [9.17, 15) is 4.79 Å². The number of hydrogen-bond donors (Lipinski definition) is 1. The van der Waals surface area contributed by atoms with Crippen LogP contribution in [0.25, 0.3) is 0 Å². The lowest BCUT2D eigenvalue weighted by Gasteiger charge is -2.02. The van der Waals surface area contributed by atoms with Crippen molar-refractivity contribution in [3.05, 3.63) is 29.8 Å². The molecule has 104 valence electrons. The van der Waals surface area contributed by atoms with E-state index in [2.05, 4.69) is 19.8 Å². The lowest BCUT2D eigenvalue weighted by molar-refractivity contribution is 0.0979. The zero-order valence-electron chi connectivity index (χ0n) is 11.8. The number of carbonyl (C=O) groups excluding carboxylic acids is 1. The summed E-state index contributed by atoms with van der Waals surface area (Å²) < 4.78 is 0. The highest BCUT2D eigenvalue weighted by Crippen LogP contribution is 2.13. The van der Waals surface area contributed by atoms with Gasteiger partial charge in [0.2, 0.25) is 0 Å². The minimum atomic E-state index is 0.181. The van der Waals surface area contributed by atoms with Crippen LogP contribution in [0.2, 0.25) is 0 Å². The van der Waals surface area contributed by atoms with Gasteiger partial charge in [-0.15, -0.1) is 12.8 Å². The van der Waals surface area contributed by atoms with Gasteiger partial charge in [-0.1, -0.05) is 39.0 Å². The number of carbonyl (C=O) groups is 1. The average Bonchev–Trinajstić information content (AvgIpc) is 2.45. The molecule has 0 aliphatic rings. The molecule has 0 spiro atoms. The summed E-state index contributed by atoms with van der Waals surface area (Å²) in [7, 11) is 0. The van der Waals surface area contributed by atoms with Crippen LogP contribution in [0.5, 0.6) is 5.75 Å². The van der Waals surface area contributed by atoms with Gasteiger partial charge in [-0.05, 0) is 30.7 Å². The monoisotopic (exact) mass is 265 g/mol. The molecule has 0 saturated heterocycles. The lowest BCUT2D eigenvalue weighted by atomic mass is 10.1. The van der Waals surface area contributed by atoms with Gasteiger partial charge in [0.05, 0.1) is 0 Å². The average molecular weight is 265 g/mol. The van der Waals surface area contributed by atoms with Crippen LogP contribution in [-0.2, 0) is 0 Å². The van der Waals surface area contributed by atoms with Crippen molar-refractivity contribution in [1.82, 2.24) is 0 Å². The fourth-order valence-corrected chi connectivity index (χ4v) is 1.86. The van der Waals surface area contributed by atoms with Crippen LogP contribution in [0.1, 0.15) is 62.2 Å². The molecule has 2 heteroatoms. The Morgan fingerprint density at radius 1 is 1.00 bits per heavy atom. The smallest absolute Gasteiger partial charge is 0.162 e. The van der Waals surface area contributed by atoms with E-state index in [1.54, 1.807) is 24.3 Å². The molecular formula is C17H24O2. The van der Waals surface area contributed by atoms with Crippen molar-refractivity contribution in [1.29, 1.82) is 0 Å². The summed E-state index contributed by atoms with van der Waals surface area (Å²) in [5.74, 6) is 0.390. The summed E-state index contributed by atoms with van der Waals surface area (Å²) in [6, 6.07) is 6.51. The van der Waals surface area contributed by atoms with Crippen LogP contribution in [0.4, 0.5) is 0 Å². The molecule has 1 aromatic carbocycles. The van der Waals surface area contributed by atoms with Crippen molar-refractivity contribution in [2.75, 3.05) is 0 Å². The molecular weight excluding hydrogens is 241 g/mol. The predicted octanol–water partition coefficient (Wildman–Crippen LogP) is 4.57. The van der Waals surface area contributed by atoms with Crippen LogP contribution in [0, 0.1) is 12.8 Å². The molecule has 2 nitrogen and oxygen atoms in total. The van der Waals surface area contributed by atoms with Crippen molar-refractivity contribution in [3.63, 3.8) is 0 Å². The van der Waals surface area contributed by atoms with Gasteiger partial charge in [-0.2, -0.15) is 0 Å². The highest BCUT2D eigenvalue weighted by atomic mass is 16.3. The van der Waals surface area contributed by atoms with E-state index < -0.39 is 0 Å². The summed E-state index contributed by atoms with van der Waals surface area (Å²) in [6.45, 7) is 2.20. The number of ketones is 1. The predicted molar refractivity (Wildman–Crippen MR) is 80.3 cm³/mol. The molecule has 0 saturated carbocycles. The molecule has 0 fully saturated rings. The number of terminal acetylenes is 1. The van der Waals surface area contributed by atoms with Gasteiger partial charge in [0.15, 0.2) is 5.78 Å². The summed E-state index contributed by atoms with van der Waals surface area (Å²) in [4.78, 5) is 11.8. The number of hydrogen-bond acceptors (Lipinski definition) is 2. The SMILES string of the molecule is C#C.CCCCCCCCC(=O)[13c]1[13cH]c[13c](O)[13cH][13cH]1. The number of phenols is 1. The third-order valence-corrected chi connectivity index (χ3v) is 2.95. The molecule has 0 aromatic heterocycles. The minimum absolute atomic E-state index is 0.181. The topological polar surface area (TPSA) is 37.3 Å². The Hall–Kier alpha value is -1.75. The fraction of sp³-hybridized carbons (Fsp3) is 0.471. The standard InChI is InChI=1S/C15H22O2.C2H2/c1-2-3-4-5-6-7-8-15(17)13-9-11-14(16)12-10-13;1-2/h9-12,16H,2-8H2,1H3;1-2H/i9+1,10+1,11+1,13+1,14+1;. The first-order valence-corrected chi connectivity index (χ1v) is 6.89. The second-order valence-electron chi connectivity index (χ2n) is 4.49. The second-order valence-corrected chi connectivity index (χ2v) is 4.49. The maximum absolute atomic E-state index is 11.8. The van der Waals surface area contributed by atoms with Gasteiger partial charge in [0.1, 0.15) is 5.75 Å². The molecule has 0 bridgehead atoms. The van der Waals surface area contributed by atoms with Crippen LogP contribution in [0.3, 0.4) is 0 Å². The van der Waals surface area contributed by atoms with Gasteiger partial charge in [-0.3, -0.25) is 4.79 Å². The highest BCUT2D eigenvalue weighted by Gasteiger charge is 2.04. The summed E-state index contributed by atoms with van der Waals surface area (Å²) >= 11 is 0.